The minimum Gasteiger partial charge on any atom is -0.481 e. The minimum atomic E-state index is -0.739. The zero-order valence-electron chi connectivity index (χ0n) is 18.9. The van der Waals surface area contributed by atoms with Gasteiger partial charge < -0.3 is 20.5 Å². The van der Waals surface area contributed by atoms with Gasteiger partial charge in [0.2, 0.25) is 0 Å². The Morgan fingerprint density at radius 1 is 0.912 bits per heavy atom. The summed E-state index contributed by atoms with van der Waals surface area (Å²) in [6, 6.07) is 16.3. The van der Waals surface area contributed by atoms with Crippen molar-refractivity contribution >= 4 is 18.0 Å². The monoisotopic (exact) mass is 460 g/mol. The highest BCUT2D eigenvalue weighted by atomic mass is 16.5. The van der Waals surface area contributed by atoms with Crippen LogP contribution in [0.25, 0.3) is 11.1 Å². The van der Waals surface area contributed by atoms with Crippen LogP contribution in [-0.4, -0.2) is 42.8 Å². The van der Waals surface area contributed by atoms with Gasteiger partial charge in [-0.05, 0) is 59.8 Å². The van der Waals surface area contributed by atoms with E-state index in [1.54, 1.807) is 0 Å². The normalized spacial score (nSPS) is 18.6. The van der Waals surface area contributed by atoms with E-state index in [0.717, 1.165) is 24.0 Å². The zero-order chi connectivity index (χ0) is 23.9. The second-order valence-electron chi connectivity index (χ2n) is 8.75. The molecule has 1 fully saturated rings. The largest absolute Gasteiger partial charge is 0.481 e. The first-order valence-electron chi connectivity index (χ1n) is 11.6. The molecule has 7 nitrogen and oxygen atoms in total. The first-order valence-corrected chi connectivity index (χ1v) is 11.6. The molecule has 0 aliphatic heterocycles. The van der Waals surface area contributed by atoms with Crippen LogP contribution in [0.3, 0.4) is 0 Å². The molecule has 4 rings (SSSR count). The van der Waals surface area contributed by atoms with Crippen LogP contribution >= 0.6 is 0 Å². The molecule has 7 heteroatoms. The summed E-state index contributed by atoms with van der Waals surface area (Å²) in [6.07, 6.45) is 2.28. The van der Waals surface area contributed by atoms with Crippen LogP contribution in [0, 0.1) is 23.7 Å². The van der Waals surface area contributed by atoms with E-state index >= 15 is 0 Å². The number of benzene rings is 2. The first kappa shape index (κ1) is 23.4. The Morgan fingerprint density at radius 3 is 2.15 bits per heavy atom. The number of carbonyl (C=O) groups is 3. The van der Waals surface area contributed by atoms with Crippen LogP contribution in [0.5, 0.6) is 0 Å². The van der Waals surface area contributed by atoms with Crippen LogP contribution in [0.4, 0.5) is 4.79 Å². The lowest BCUT2D eigenvalue weighted by Gasteiger charge is -2.25. The number of hydrogen-bond donors (Lipinski definition) is 3. The molecule has 2 aliphatic rings. The summed E-state index contributed by atoms with van der Waals surface area (Å²) in [5.74, 6) is 3.95. The van der Waals surface area contributed by atoms with Gasteiger partial charge >= 0.3 is 12.1 Å². The van der Waals surface area contributed by atoms with Gasteiger partial charge in [0.15, 0.2) is 0 Å². The number of carboxylic acid groups (broad SMARTS) is 1. The molecule has 0 aromatic heterocycles. The molecule has 2 amide bonds. The maximum absolute atomic E-state index is 12.1. The zero-order valence-corrected chi connectivity index (χ0v) is 18.9. The van der Waals surface area contributed by atoms with Crippen molar-refractivity contribution in [1.29, 1.82) is 0 Å². The fourth-order valence-electron chi connectivity index (χ4n) is 4.79. The van der Waals surface area contributed by atoms with Crippen LogP contribution in [0.15, 0.2) is 48.5 Å². The average Bonchev–Trinajstić information content (AvgIpc) is 3.18. The van der Waals surface area contributed by atoms with Gasteiger partial charge in [-0.3, -0.25) is 9.59 Å². The molecule has 0 unspecified atom stereocenters. The van der Waals surface area contributed by atoms with Crippen LogP contribution in [0.1, 0.15) is 42.7 Å². The molecule has 34 heavy (non-hydrogen) atoms. The Kier molecular flexibility index (Phi) is 7.48. The van der Waals surface area contributed by atoms with Gasteiger partial charge in [0.05, 0.1) is 12.5 Å². The highest BCUT2D eigenvalue weighted by Crippen LogP contribution is 2.44. The molecule has 0 saturated heterocycles. The fraction of sp³-hybridized carbons (Fsp3) is 0.370. The maximum atomic E-state index is 12.1. The lowest BCUT2D eigenvalue weighted by Crippen LogP contribution is -2.32. The Bertz CT molecular complexity index is 1080. The van der Waals surface area contributed by atoms with E-state index in [0.29, 0.717) is 19.4 Å². The third-order valence-electron chi connectivity index (χ3n) is 6.61. The topological polar surface area (TPSA) is 105 Å². The van der Waals surface area contributed by atoms with E-state index in [1.165, 1.54) is 11.1 Å². The second kappa shape index (κ2) is 10.9. The summed E-state index contributed by atoms with van der Waals surface area (Å²) in [7, 11) is 0. The lowest BCUT2D eigenvalue weighted by molar-refractivity contribution is -0.143. The van der Waals surface area contributed by atoms with E-state index in [-0.39, 0.29) is 30.9 Å². The summed E-state index contributed by atoms with van der Waals surface area (Å²) in [4.78, 5) is 35.0. The summed E-state index contributed by atoms with van der Waals surface area (Å²) < 4.78 is 5.44. The van der Waals surface area contributed by atoms with Gasteiger partial charge in [0.25, 0.3) is 5.91 Å². The number of aliphatic carboxylic acids is 1. The molecule has 2 aliphatic carbocycles. The summed E-state index contributed by atoms with van der Waals surface area (Å²) in [5, 5.41) is 14.4. The maximum Gasteiger partial charge on any atom is 0.407 e. The standard InChI is InChI=1S/C27H28N2O5/c30-25(29-16-18-11-13-19(14-12-18)26(31)32)10-5-15-28-27(33)34-17-24-22-8-3-1-6-20(22)21-7-2-4-9-23(21)24/h1-4,6-9,18-19,24H,11-17H2,(H,28,33)(H,29,30)(H,31,32). The smallest absolute Gasteiger partial charge is 0.407 e. The third-order valence-corrected chi connectivity index (χ3v) is 6.61. The molecule has 2 aromatic rings. The van der Waals surface area contributed by atoms with E-state index in [1.807, 2.05) is 24.3 Å². The Morgan fingerprint density at radius 2 is 1.53 bits per heavy atom. The Hall–Kier alpha value is -3.79. The quantitative estimate of drug-likeness (QED) is 0.572. The van der Waals surface area contributed by atoms with Gasteiger partial charge in [0, 0.05) is 12.5 Å². The van der Waals surface area contributed by atoms with Crippen molar-refractivity contribution in [2.45, 2.75) is 31.6 Å². The van der Waals surface area contributed by atoms with Gasteiger partial charge in [0.1, 0.15) is 6.61 Å². The highest BCUT2D eigenvalue weighted by Gasteiger charge is 2.29. The van der Waals surface area contributed by atoms with Gasteiger partial charge in [-0.1, -0.05) is 54.5 Å². The lowest BCUT2D eigenvalue weighted by atomic mass is 9.82. The van der Waals surface area contributed by atoms with Crippen molar-refractivity contribution in [2.24, 2.45) is 11.8 Å². The number of carbonyl (C=O) groups excluding carboxylic acids is 2. The number of hydrogen-bond acceptors (Lipinski definition) is 4. The predicted molar refractivity (Wildman–Crippen MR) is 127 cm³/mol. The number of nitrogens with one attached hydrogen (secondary N) is 2. The van der Waals surface area contributed by atoms with Gasteiger partial charge in [-0.2, -0.15) is 0 Å². The molecule has 3 N–H and O–H groups in total. The average molecular weight is 461 g/mol. The van der Waals surface area contributed by atoms with Crippen molar-refractivity contribution in [3.8, 4) is 23.0 Å². The molecular formula is C27H28N2O5. The van der Waals surface area contributed by atoms with E-state index in [4.69, 9.17) is 9.84 Å². The number of rotatable bonds is 6. The SMILES string of the molecule is O=C(C#CCNC(=O)OCC1c2ccccc2-c2ccccc21)NCC1CCC(C(=O)O)CC1. The van der Waals surface area contributed by atoms with Crippen molar-refractivity contribution in [2.75, 3.05) is 19.7 Å². The van der Waals surface area contributed by atoms with Crippen LogP contribution in [0.2, 0.25) is 0 Å². The van der Waals surface area contributed by atoms with Crippen LogP contribution < -0.4 is 10.6 Å². The number of carboxylic acids is 1. The van der Waals surface area contributed by atoms with E-state index in [9.17, 15) is 14.4 Å². The molecule has 0 heterocycles. The number of alkyl carbamates (subject to hydrolysis) is 1. The third kappa shape index (κ3) is 5.57. The molecule has 2 aromatic carbocycles. The molecule has 176 valence electrons. The number of ether oxygens (including phenoxy) is 1. The van der Waals surface area contributed by atoms with Crippen molar-refractivity contribution < 1.29 is 24.2 Å². The Labute approximate surface area is 198 Å². The molecular weight excluding hydrogens is 432 g/mol. The molecule has 0 atom stereocenters. The molecule has 1 saturated carbocycles. The molecule has 0 spiro atoms. The first-order chi connectivity index (χ1) is 16.5. The van der Waals surface area contributed by atoms with Gasteiger partial charge in [-0.25, -0.2) is 4.79 Å². The van der Waals surface area contributed by atoms with E-state index < -0.39 is 18.0 Å². The summed E-state index contributed by atoms with van der Waals surface area (Å²) in [5.41, 5.74) is 4.62. The van der Waals surface area contributed by atoms with Crippen molar-refractivity contribution in [3.05, 3.63) is 59.7 Å². The predicted octanol–water partition coefficient (Wildman–Crippen LogP) is 3.54. The number of amides is 2. The van der Waals surface area contributed by atoms with Crippen molar-refractivity contribution in [1.82, 2.24) is 10.6 Å². The van der Waals surface area contributed by atoms with Gasteiger partial charge in [-0.15, -0.1) is 0 Å². The van der Waals surface area contributed by atoms with Crippen LogP contribution in [-0.2, 0) is 14.3 Å². The highest BCUT2D eigenvalue weighted by molar-refractivity contribution is 5.93. The number of fused-ring (bicyclic) bond motifs is 3. The van der Waals surface area contributed by atoms with Crippen molar-refractivity contribution in [3.63, 3.8) is 0 Å². The second-order valence-corrected chi connectivity index (χ2v) is 8.75. The summed E-state index contributed by atoms with van der Waals surface area (Å²) >= 11 is 0. The summed E-state index contributed by atoms with van der Waals surface area (Å²) in [6.45, 7) is 0.714. The Balaban J connectivity index is 1.17. The minimum absolute atomic E-state index is 0.00775. The molecule has 0 bridgehead atoms. The molecule has 0 radical (unpaired) electrons. The fourth-order valence-corrected chi connectivity index (χ4v) is 4.79. The van der Waals surface area contributed by atoms with E-state index in [2.05, 4.69) is 46.7 Å².